The van der Waals surface area contributed by atoms with Gasteiger partial charge in [-0.2, -0.15) is 0 Å². The molecule has 7 heteroatoms. The number of aromatic nitrogens is 2. The van der Waals surface area contributed by atoms with Crippen LogP contribution in [0.2, 0.25) is 0 Å². The van der Waals surface area contributed by atoms with Crippen molar-refractivity contribution in [2.24, 2.45) is 0 Å². The number of carbonyl (C=O) groups excluding carboxylic acids is 1. The highest BCUT2D eigenvalue weighted by Gasteiger charge is 2.11. The molecular formula is C28H30FN3O3. The fourth-order valence-electron chi connectivity index (χ4n) is 3.97. The number of fused-ring (bicyclic) bond motifs is 1. The topological polar surface area (TPSA) is 65.4 Å². The molecule has 0 aliphatic carbocycles. The van der Waals surface area contributed by atoms with Crippen LogP contribution in [0.1, 0.15) is 35.4 Å². The van der Waals surface area contributed by atoms with E-state index in [9.17, 15) is 9.18 Å². The summed E-state index contributed by atoms with van der Waals surface area (Å²) in [5, 5.41) is 2.90. The van der Waals surface area contributed by atoms with E-state index in [1.54, 1.807) is 7.11 Å². The van der Waals surface area contributed by atoms with E-state index in [2.05, 4.69) is 16.0 Å². The van der Waals surface area contributed by atoms with Gasteiger partial charge in [-0.25, -0.2) is 9.37 Å². The lowest BCUT2D eigenvalue weighted by Crippen LogP contribution is -2.25. The standard InChI is InChI=1S/C28H30FN3O3/c1-34-23-8-6-9-24(20-23)35-19-5-4-18-32-26-11-3-2-10-25(26)31-27(32)12-7-17-30-28(33)21-13-15-22(29)16-14-21/h2-3,6,8-11,13-16,20H,4-5,7,12,17-19H2,1H3,(H,30,33). The van der Waals surface area contributed by atoms with Crippen molar-refractivity contribution in [3.63, 3.8) is 0 Å². The average Bonchev–Trinajstić information content (AvgIpc) is 3.24. The number of unbranched alkanes of at least 4 members (excludes halogenated alkanes) is 1. The first kappa shape index (κ1) is 24.3. The summed E-state index contributed by atoms with van der Waals surface area (Å²) < 4.78 is 26.4. The first-order valence-corrected chi connectivity index (χ1v) is 11.9. The number of nitrogens with one attached hydrogen (secondary N) is 1. The highest BCUT2D eigenvalue weighted by atomic mass is 19.1. The number of aryl methyl sites for hydroxylation is 2. The molecule has 1 N–H and O–H groups in total. The smallest absolute Gasteiger partial charge is 0.251 e. The minimum atomic E-state index is -0.354. The Balaban J connectivity index is 1.28. The van der Waals surface area contributed by atoms with E-state index in [1.165, 1.54) is 24.3 Å². The normalized spacial score (nSPS) is 10.9. The van der Waals surface area contributed by atoms with Crippen molar-refractivity contribution in [3.05, 3.63) is 90.0 Å². The van der Waals surface area contributed by atoms with Gasteiger partial charge in [-0.1, -0.05) is 18.2 Å². The number of halogens is 1. The van der Waals surface area contributed by atoms with Crippen LogP contribution in [-0.4, -0.2) is 35.7 Å². The second-order valence-corrected chi connectivity index (χ2v) is 8.27. The molecule has 4 rings (SSSR count). The Morgan fingerprint density at radius 3 is 2.60 bits per heavy atom. The molecule has 0 unspecified atom stereocenters. The maximum Gasteiger partial charge on any atom is 0.251 e. The third-order valence-corrected chi connectivity index (χ3v) is 5.79. The molecule has 0 bridgehead atoms. The van der Waals surface area contributed by atoms with E-state index in [1.807, 2.05) is 42.5 Å². The summed E-state index contributed by atoms with van der Waals surface area (Å²) in [4.78, 5) is 17.1. The van der Waals surface area contributed by atoms with Gasteiger partial charge in [0.05, 0.1) is 24.8 Å². The van der Waals surface area contributed by atoms with Gasteiger partial charge in [0.1, 0.15) is 23.1 Å². The lowest BCUT2D eigenvalue weighted by Gasteiger charge is -2.11. The second kappa shape index (κ2) is 12.0. The number of ether oxygens (including phenoxy) is 2. The number of methoxy groups -OCH3 is 1. The Kier molecular flexibility index (Phi) is 8.33. The lowest BCUT2D eigenvalue weighted by molar-refractivity contribution is 0.0953. The summed E-state index contributed by atoms with van der Waals surface area (Å²) in [6, 6.07) is 21.3. The van der Waals surface area contributed by atoms with Crippen molar-refractivity contribution in [2.45, 2.75) is 32.2 Å². The summed E-state index contributed by atoms with van der Waals surface area (Å²) in [5.41, 5.74) is 2.55. The second-order valence-electron chi connectivity index (χ2n) is 8.27. The Hall–Kier alpha value is -3.87. The van der Waals surface area contributed by atoms with Crippen LogP contribution in [0.5, 0.6) is 11.5 Å². The van der Waals surface area contributed by atoms with Crippen molar-refractivity contribution in [1.29, 1.82) is 0 Å². The summed E-state index contributed by atoms with van der Waals surface area (Å²) in [5.74, 6) is 2.05. The molecule has 6 nitrogen and oxygen atoms in total. The molecule has 0 spiro atoms. The molecule has 4 aromatic rings. The van der Waals surface area contributed by atoms with E-state index in [-0.39, 0.29) is 11.7 Å². The van der Waals surface area contributed by atoms with Crippen LogP contribution in [0.15, 0.2) is 72.8 Å². The number of hydrogen-bond acceptors (Lipinski definition) is 4. The first-order chi connectivity index (χ1) is 17.1. The highest BCUT2D eigenvalue weighted by molar-refractivity contribution is 5.94. The molecule has 0 saturated heterocycles. The fraction of sp³-hybridized carbons (Fsp3) is 0.286. The molecule has 182 valence electrons. The SMILES string of the molecule is COc1cccc(OCCCCn2c(CCCNC(=O)c3ccc(F)cc3)nc3ccccc32)c1. The molecule has 0 radical (unpaired) electrons. The van der Waals surface area contributed by atoms with Crippen LogP contribution in [0.3, 0.4) is 0 Å². The molecule has 0 saturated carbocycles. The van der Waals surface area contributed by atoms with E-state index in [0.29, 0.717) is 18.7 Å². The maximum atomic E-state index is 13.1. The number of carbonyl (C=O) groups is 1. The summed E-state index contributed by atoms with van der Waals surface area (Å²) in [6.45, 7) is 2.00. The zero-order valence-electron chi connectivity index (χ0n) is 19.9. The van der Waals surface area contributed by atoms with Crippen molar-refractivity contribution in [2.75, 3.05) is 20.3 Å². The van der Waals surface area contributed by atoms with Crippen LogP contribution in [0.25, 0.3) is 11.0 Å². The minimum Gasteiger partial charge on any atom is -0.497 e. The Labute approximate surface area is 204 Å². The molecule has 0 aliphatic heterocycles. The molecule has 0 atom stereocenters. The molecule has 0 fully saturated rings. The molecule has 1 aromatic heterocycles. The van der Waals surface area contributed by atoms with E-state index < -0.39 is 0 Å². The van der Waals surface area contributed by atoms with Gasteiger partial charge in [-0.3, -0.25) is 4.79 Å². The van der Waals surface area contributed by atoms with Gasteiger partial charge in [0.25, 0.3) is 5.91 Å². The number of amides is 1. The zero-order valence-corrected chi connectivity index (χ0v) is 19.9. The molecule has 1 amide bonds. The van der Waals surface area contributed by atoms with Gasteiger partial charge in [-0.05, 0) is 67.8 Å². The van der Waals surface area contributed by atoms with Gasteiger partial charge < -0.3 is 19.4 Å². The monoisotopic (exact) mass is 475 g/mol. The van der Waals surface area contributed by atoms with E-state index in [4.69, 9.17) is 14.5 Å². The molecule has 1 heterocycles. The minimum absolute atomic E-state index is 0.200. The van der Waals surface area contributed by atoms with Gasteiger partial charge in [0.2, 0.25) is 0 Å². The van der Waals surface area contributed by atoms with Crippen LogP contribution in [0.4, 0.5) is 4.39 Å². The van der Waals surface area contributed by atoms with Gasteiger partial charge in [0, 0.05) is 31.1 Å². The maximum absolute atomic E-state index is 13.1. The molecular weight excluding hydrogens is 445 g/mol. The van der Waals surface area contributed by atoms with E-state index >= 15 is 0 Å². The van der Waals surface area contributed by atoms with Crippen molar-refractivity contribution < 1.29 is 18.7 Å². The van der Waals surface area contributed by atoms with Crippen LogP contribution in [0, 0.1) is 5.82 Å². The van der Waals surface area contributed by atoms with Crippen LogP contribution in [-0.2, 0) is 13.0 Å². The Morgan fingerprint density at radius 1 is 0.971 bits per heavy atom. The van der Waals surface area contributed by atoms with Gasteiger partial charge in [-0.15, -0.1) is 0 Å². The van der Waals surface area contributed by atoms with E-state index in [0.717, 1.165) is 60.6 Å². The quantitative estimate of drug-likeness (QED) is 0.279. The number of hydrogen-bond donors (Lipinski definition) is 1. The predicted octanol–water partition coefficient (Wildman–Crippen LogP) is 5.41. The number of imidazole rings is 1. The largest absolute Gasteiger partial charge is 0.497 e. The number of nitrogens with zero attached hydrogens (tertiary/aromatic N) is 2. The Bertz CT molecular complexity index is 1250. The number of benzene rings is 3. The predicted molar refractivity (Wildman–Crippen MR) is 135 cm³/mol. The van der Waals surface area contributed by atoms with Crippen molar-refractivity contribution in [1.82, 2.24) is 14.9 Å². The van der Waals surface area contributed by atoms with Crippen LogP contribution < -0.4 is 14.8 Å². The Morgan fingerprint density at radius 2 is 1.77 bits per heavy atom. The fourth-order valence-corrected chi connectivity index (χ4v) is 3.97. The third kappa shape index (κ3) is 6.59. The average molecular weight is 476 g/mol. The van der Waals surface area contributed by atoms with Gasteiger partial charge in [0.15, 0.2) is 0 Å². The summed E-state index contributed by atoms with van der Waals surface area (Å²) >= 11 is 0. The molecule has 35 heavy (non-hydrogen) atoms. The number of para-hydroxylation sites is 2. The highest BCUT2D eigenvalue weighted by Crippen LogP contribution is 2.20. The summed E-state index contributed by atoms with van der Waals surface area (Å²) in [7, 11) is 1.64. The number of rotatable bonds is 12. The summed E-state index contributed by atoms with van der Waals surface area (Å²) in [6.07, 6.45) is 3.38. The molecule has 3 aromatic carbocycles. The third-order valence-electron chi connectivity index (χ3n) is 5.79. The zero-order chi connectivity index (χ0) is 24.5. The van der Waals surface area contributed by atoms with Crippen molar-refractivity contribution in [3.8, 4) is 11.5 Å². The lowest BCUT2D eigenvalue weighted by atomic mass is 10.2. The van der Waals surface area contributed by atoms with Gasteiger partial charge >= 0.3 is 0 Å². The van der Waals surface area contributed by atoms with Crippen LogP contribution >= 0.6 is 0 Å². The molecule has 0 aliphatic rings. The van der Waals surface area contributed by atoms with Crippen molar-refractivity contribution >= 4 is 16.9 Å². The first-order valence-electron chi connectivity index (χ1n) is 11.9.